The second-order valence-electron chi connectivity index (χ2n) is 3.45. The molecule has 0 radical (unpaired) electrons. The van der Waals surface area contributed by atoms with Crippen LogP contribution in [0.2, 0.25) is 0 Å². The van der Waals surface area contributed by atoms with E-state index in [4.69, 9.17) is 9.79 Å². The van der Waals surface area contributed by atoms with E-state index in [2.05, 4.69) is 18.7 Å². The van der Waals surface area contributed by atoms with E-state index in [0.717, 1.165) is 30.6 Å². The van der Waals surface area contributed by atoms with Crippen LogP contribution >= 0.6 is 17.1 Å². The van der Waals surface area contributed by atoms with Crippen LogP contribution in [0.25, 0.3) is 0 Å². The van der Waals surface area contributed by atoms with Crippen LogP contribution in [-0.4, -0.2) is 14.5 Å². The first-order valence-corrected chi connectivity index (χ1v) is 8.16. The van der Waals surface area contributed by atoms with E-state index in [1.165, 1.54) is 0 Å². The van der Waals surface area contributed by atoms with Crippen molar-refractivity contribution in [3.8, 4) is 0 Å². The second-order valence-corrected chi connectivity index (χ2v) is 10.0. The monoisotopic (exact) mass is 292 g/mol. The molecule has 0 amide bonds. The van der Waals surface area contributed by atoms with Gasteiger partial charge in [-0.2, -0.15) is 0 Å². The molecule has 2 nitrogen and oxygen atoms in total. The molecule has 13 heavy (non-hydrogen) atoms. The molecule has 0 fully saturated rings. The molecule has 0 atom stereocenters. The molecule has 0 aromatic heterocycles. The molecule has 0 rings (SSSR count). The Bertz CT molecular complexity index is 181. The van der Waals surface area contributed by atoms with Crippen molar-refractivity contribution in [1.29, 1.82) is 0 Å². The molecular formula is C7H17O2PS2Zn. The molecule has 0 unspecified atom stereocenters. The van der Waals surface area contributed by atoms with Crippen LogP contribution in [0.1, 0.15) is 40.0 Å². The van der Waals surface area contributed by atoms with Crippen molar-refractivity contribution in [3.63, 3.8) is 0 Å². The zero-order valence-electron chi connectivity index (χ0n) is 8.49. The topological polar surface area (TPSA) is 40.5 Å². The summed E-state index contributed by atoms with van der Waals surface area (Å²) in [7, 11) is 0. The van der Waals surface area contributed by atoms with Crippen molar-refractivity contribution in [2.75, 3.05) is 0 Å². The molecule has 0 bridgehead atoms. The largest absolute Gasteiger partial charge is 0.338 e. The number of hydrogen-bond acceptors (Lipinski definition) is 2. The van der Waals surface area contributed by atoms with Gasteiger partial charge in [-0.1, -0.05) is 45.0 Å². The molecule has 0 aromatic carbocycles. The number of unbranched alkanes of at least 4 members (excludes halogenated alkanes) is 1. The first-order valence-electron chi connectivity index (χ1n) is 4.03. The average Bonchev–Trinajstić information content (AvgIpc) is 1.78. The van der Waals surface area contributed by atoms with Gasteiger partial charge in [-0.05, 0) is 18.2 Å². The molecule has 0 saturated carbocycles. The summed E-state index contributed by atoms with van der Waals surface area (Å²) in [5, 5.41) is 0. The Morgan fingerprint density at radius 1 is 1.38 bits per heavy atom. The van der Waals surface area contributed by atoms with Gasteiger partial charge in [0, 0.05) is 24.2 Å². The third-order valence-electron chi connectivity index (χ3n) is 1.50. The third-order valence-corrected chi connectivity index (χ3v) is 5.30. The summed E-state index contributed by atoms with van der Waals surface area (Å²) in [4.78, 5) is 18.2. The molecule has 76 valence electrons. The summed E-state index contributed by atoms with van der Waals surface area (Å²) >= 11 is 5.70. The van der Waals surface area contributed by atoms with Gasteiger partial charge in [0.1, 0.15) is 0 Å². The Balaban J connectivity index is 0. The van der Waals surface area contributed by atoms with Gasteiger partial charge < -0.3 is 9.79 Å². The van der Waals surface area contributed by atoms with Crippen molar-refractivity contribution in [3.05, 3.63) is 0 Å². The van der Waals surface area contributed by atoms with E-state index >= 15 is 0 Å². The van der Waals surface area contributed by atoms with Crippen LogP contribution in [0.15, 0.2) is 0 Å². The van der Waals surface area contributed by atoms with Gasteiger partial charge in [-0.15, -0.1) is 0 Å². The van der Waals surface area contributed by atoms with E-state index in [-0.39, 0.29) is 24.2 Å². The van der Waals surface area contributed by atoms with Crippen LogP contribution in [-0.2, 0) is 31.3 Å². The van der Waals surface area contributed by atoms with Gasteiger partial charge in [0.15, 0.2) is 0 Å². The molecule has 6 heteroatoms. The van der Waals surface area contributed by atoms with Gasteiger partial charge in [-0.25, -0.2) is 0 Å². The summed E-state index contributed by atoms with van der Waals surface area (Å²) in [5.74, 6) is 0. The average molecular weight is 294 g/mol. The van der Waals surface area contributed by atoms with Crippen molar-refractivity contribution in [1.82, 2.24) is 0 Å². The minimum absolute atomic E-state index is 0. The Kier molecular flexibility index (Phi) is 9.03. The van der Waals surface area contributed by atoms with Crippen LogP contribution in [0.5, 0.6) is 0 Å². The molecular weight excluding hydrogens is 277 g/mol. The standard InChI is InChI=1S/C7H17O2PS2.Zn/c1-4-5-6-7(2,3)12-10(8,9)11;/h4-6H2,1-3H3,(H2,8,9,11);. The van der Waals surface area contributed by atoms with E-state index in [1.807, 2.05) is 13.8 Å². The first kappa shape index (κ1) is 17.0. The first-order chi connectivity index (χ1) is 5.27. The predicted octanol–water partition coefficient (Wildman–Crippen LogP) is 2.90. The zero-order chi connectivity index (χ0) is 9.83. The fourth-order valence-electron chi connectivity index (χ4n) is 0.970. The SMILES string of the molecule is CCCCC(C)(C)SP(O)(O)=S.[Zn]. The molecule has 0 aliphatic carbocycles. The molecule has 0 heterocycles. The maximum absolute atomic E-state index is 9.10. The van der Waals surface area contributed by atoms with Crippen LogP contribution in [0.3, 0.4) is 0 Å². The van der Waals surface area contributed by atoms with E-state index in [1.54, 1.807) is 0 Å². The van der Waals surface area contributed by atoms with Gasteiger partial charge in [-0.3, -0.25) is 0 Å². The summed E-state index contributed by atoms with van der Waals surface area (Å²) < 4.78 is -0.102. The minimum Gasteiger partial charge on any atom is -0.338 e. The predicted molar refractivity (Wildman–Crippen MR) is 59.9 cm³/mol. The minimum atomic E-state index is -3.08. The van der Waals surface area contributed by atoms with Gasteiger partial charge in [0.2, 0.25) is 5.69 Å². The normalized spacial score (nSPS) is 12.4. The number of hydrogen-bond donors (Lipinski definition) is 2. The van der Waals surface area contributed by atoms with Crippen molar-refractivity contribution >= 4 is 28.9 Å². The maximum atomic E-state index is 9.10. The Morgan fingerprint density at radius 3 is 2.15 bits per heavy atom. The quantitative estimate of drug-likeness (QED) is 0.604. The van der Waals surface area contributed by atoms with Crippen LogP contribution in [0.4, 0.5) is 0 Å². The molecule has 0 aliphatic rings. The zero-order valence-corrected chi connectivity index (χ0v) is 14.0. The summed E-state index contributed by atoms with van der Waals surface area (Å²) in [6.45, 7) is 6.12. The Morgan fingerprint density at radius 2 is 1.85 bits per heavy atom. The maximum Gasteiger partial charge on any atom is 0.242 e. The smallest absolute Gasteiger partial charge is 0.242 e. The van der Waals surface area contributed by atoms with E-state index < -0.39 is 5.69 Å². The molecule has 0 saturated heterocycles. The van der Waals surface area contributed by atoms with Gasteiger partial charge in [0.25, 0.3) is 0 Å². The Hall–Kier alpha value is 1.54. The number of rotatable bonds is 5. The van der Waals surface area contributed by atoms with E-state index in [9.17, 15) is 0 Å². The Labute approximate surface area is 103 Å². The fourth-order valence-corrected chi connectivity index (χ4v) is 5.87. The summed E-state index contributed by atoms with van der Waals surface area (Å²) in [6, 6.07) is 0. The van der Waals surface area contributed by atoms with Crippen LogP contribution in [0, 0.1) is 0 Å². The molecule has 0 spiro atoms. The van der Waals surface area contributed by atoms with Crippen LogP contribution < -0.4 is 0 Å². The van der Waals surface area contributed by atoms with Crippen molar-refractivity contribution in [2.45, 2.75) is 44.8 Å². The summed E-state index contributed by atoms with van der Waals surface area (Å²) in [6.07, 6.45) is 3.22. The molecule has 0 aromatic rings. The fraction of sp³-hybridized carbons (Fsp3) is 1.00. The van der Waals surface area contributed by atoms with Gasteiger partial charge >= 0.3 is 0 Å². The summed E-state index contributed by atoms with van der Waals surface area (Å²) in [5.41, 5.74) is -3.08. The third kappa shape index (κ3) is 11.5. The molecule has 0 aliphatic heterocycles. The van der Waals surface area contributed by atoms with Crippen molar-refractivity contribution < 1.29 is 29.3 Å². The van der Waals surface area contributed by atoms with E-state index in [0.29, 0.717) is 0 Å². The molecule has 2 N–H and O–H groups in total. The second kappa shape index (κ2) is 6.92. The van der Waals surface area contributed by atoms with Crippen molar-refractivity contribution in [2.24, 2.45) is 0 Å². The van der Waals surface area contributed by atoms with Gasteiger partial charge in [0.05, 0.1) is 0 Å².